The molecule has 6 nitrogen and oxygen atoms in total. The molecule has 0 spiro atoms. The van der Waals surface area contributed by atoms with Gasteiger partial charge in [-0.25, -0.2) is 13.1 Å². The highest BCUT2D eigenvalue weighted by Crippen LogP contribution is 2.22. The molecule has 7 heteroatoms. The van der Waals surface area contributed by atoms with E-state index >= 15 is 0 Å². The maximum Gasteiger partial charge on any atom is 0.241 e. The van der Waals surface area contributed by atoms with Crippen LogP contribution in [-0.2, 0) is 14.8 Å². The molecule has 0 saturated carbocycles. The number of ether oxygens (including phenoxy) is 1. The zero-order valence-corrected chi connectivity index (χ0v) is 13.9. The zero-order chi connectivity index (χ0) is 16.3. The molecule has 1 aliphatic rings. The number of amides is 1. The molecule has 1 aromatic rings. The van der Waals surface area contributed by atoms with Crippen LogP contribution in [0.15, 0.2) is 23.1 Å². The van der Waals surface area contributed by atoms with Crippen molar-refractivity contribution in [3.8, 4) is 5.75 Å². The molecule has 0 bridgehead atoms. The number of nitrogens with one attached hydrogen (secondary N) is 1. The van der Waals surface area contributed by atoms with E-state index in [0.29, 0.717) is 37.2 Å². The summed E-state index contributed by atoms with van der Waals surface area (Å²) in [6, 6.07) is 4.76. The number of rotatable bonds is 4. The van der Waals surface area contributed by atoms with E-state index < -0.39 is 10.0 Å². The second kappa shape index (κ2) is 6.66. The Kier molecular flexibility index (Phi) is 5.08. The average molecular weight is 326 g/mol. The van der Waals surface area contributed by atoms with Gasteiger partial charge < -0.3 is 9.64 Å². The first-order valence-electron chi connectivity index (χ1n) is 7.26. The van der Waals surface area contributed by atoms with Crippen molar-refractivity contribution in [3.63, 3.8) is 0 Å². The summed E-state index contributed by atoms with van der Waals surface area (Å²) in [5.74, 6) is 0.665. The van der Waals surface area contributed by atoms with Crippen molar-refractivity contribution in [1.82, 2.24) is 9.62 Å². The summed E-state index contributed by atoms with van der Waals surface area (Å²) in [4.78, 5) is 13.3. The number of aryl methyl sites for hydroxylation is 1. The van der Waals surface area contributed by atoms with E-state index in [4.69, 9.17) is 4.74 Å². The SMILES string of the molecule is COc1ccc(S(=O)(=O)NC2CCN(C(C)=O)CC2)c(C)c1. The largest absolute Gasteiger partial charge is 0.497 e. The Balaban J connectivity index is 2.07. The topological polar surface area (TPSA) is 75.7 Å². The van der Waals surface area contributed by atoms with Crippen LogP contribution < -0.4 is 9.46 Å². The summed E-state index contributed by atoms with van der Waals surface area (Å²) in [6.45, 7) is 4.45. The van der Waals surface area contributed by atoms with Crippen LogP contribution in [-0.4, -0.2) is 45.5 Å². The highest BCUT2D eigenvalue weighted by Gasteiger charge is 2.26. The summed E-state index contributed by atoms with van der Waals surface area (Å²) in [6.07, 6.45) is 1.27. The van der Waals surface area contributed by atoms with E-state index in [-0.39, 0.29) is 16.8 Å². The van der Waals surface area contributed by atoms with Crippen LogP contribution in [0.25, 0.3) is 0 Å². The molecule has 0 aliphatic carbocycles. The van der Waals surface area contributed by atoms with Crippen LogP contribution in [0.3, 0.4) is 0 Å². The third-order valence-electron chi connectivity index (χ3n) is 3.93. The highest BCUT2D eigenvalue weighted by molar-refractivity contribution is 7.89. The fourth-order valence-corrected chi connectivity index (χ4v) is 4.18. The minimum absolute atomic E-state index is 0.0345. The molecule has 22 heavy (non-hydrogen) atoms. The molecule has 122 valence electrons. The molecular formula is C15H22N2O4S. The van der Waals surface area contributed by atoms with E-state index in [0.717, 1.165) is 0 Å². The monoisotopic (exact) mass is 326 g/mol. The van der Waals surface area contributed by atoms with Gasteiger partial charge in [0, 0.05) is 26.1 Å². The van der Waals surface area contributed by atoms with Gasteiger partial charge in [0.05, 0.1) is 12.0 Å². The molecule has 0 atom stereocenters. The third kappa shape index (κ3) is 3.78. The van der Waals surface area contributed by atoms with E-state index in [1.807, 2.05) is 0 Å². The predicted molar refractivity (Wildman–Crippen MR) is 83.3 cm³/mol. The lowest BCUT2D eigenvalue weighted by atomic mass is 10.1. The average Bonchev–Trinajstić information content (AvgIpc) is 2.46. The van der Waals surface area contributed by atoms with E-state index in [1.54, 1.807) is 37.1 Å². The van der Waals surface area contributed by atoms with Gasteiger partial charge in [0.2, 0.25) is 15.9 Å². The van der Waals surface area contributed by atoms with Gasteiger partial charge in [-0.15, -0.1) is 0 Å². The number of carbonyl (C=O) groups is 1. The zero-order valence-electron chi connectivity index (χ0n) is 13.1. The minimum atomic E-state index is -3.56. The van der Waals surface area contributed by atoms with Gasteiger partial charge in [0.15, 0.2) is 0 Å². The second-order valence-corrected chi connectivity index (χ2v) is 7.22. The van der Waals surface area contributed by atoms with Gasteiger partial charge in [0.25, 0.3) is 0 Å². The van der Waals surface area contributed by atoms with Crippen LogP contribution in [0.2, 0.25) is 0 Å². The summed E-state index contributed by atoms with van der Waals surface area (Å²) in [7, 11) is -2.02. The molecule has 2 rings (SSSR count). The van der Waals surface area contributed by atoms with Crippen molar-refractivity contribution in [2.75, 3.05) is 20.2 Å². The molecule has 1 N–H and O–H groups in total. The Morgan fingerprint density at radius 1 is 1.32 bits per heavy atom. The van der Waals surface area contributed by atoms with Crippen molar-refractivity contribution in [1.29, 1.82) is 0 Å². The van der Waals surface area contributed by atoms with Gasteiger partial charge in [-0.05, 0) is 43.5 Å². The van der Waals surface area contributed by atoms with E-state index in [9.17, 15) is 13.2 Å². The first-order valence-corrected chi connectivity index (χ1v) is 8.74. The number of piperidine rings is 1. The Bertz CT molecular complexity index is 650. The number of benzene rings is 1. The van der Waals surface area contributed by atoms with Crippen molar-refractivity contribution >= 4 is 15.9 Å². The van der Waals surface area contributed by atoms with Crippen molar-refractivity contribution in [3.05, 3.63) is 23.8 Å². The van der Waals surface area contributed by atoms with Crippen LogP contribution >= 0.6 is 0 Å². The first-order chi connectivity index (χ1) is 10.3. The molecule has 0 aromatic heterocycles. The molecule has 1 fully saturated rings. The van der Waals surface area contributed by atoms with Gasteiger partial charge in [0.1, 0.15) is 5.75 Å². The fraction of sp³-hybridized carbons (Fsp3) is 0.533. The number of carbonyl (C=O) groups excluding carboxylic acids is 1. The van der Waals surface area contributed by atoms with Gasteiger partial charge in [-0.3, -0.25) is 4.79 Å². The number of sulfonamides is 1. The molecule has 1 amide bonds. The quantitative estimate of drug-likeness (QED) is 0.905. The molecule has 1 aliphatic heterocycles. The Hall–Kier alpha value is -1.60. The molecule has 0 radical (unpaired) electrons. The first kappa shape index (κ1) is 16.8. The molecular weight excluding hydrogens is 304 g/mol. The Morgan fingerprint density at radius 2 is 1.95 bits per heavy atom. The lowest BCUT2D eigenvalue weighted by molar-refractivity contribution is -0.129. The van der Waals surface area contributed by atoms with E-state index in [1.165, 1.54) is 6.92 Å². The summed E-state index contributed by atoms with van der Waals surface area (Å²) in [5.41, 5.74) is 0.646. The fourth-order valence-electron chi connectivity index (χ4n) is 2.65. The lowest BCUT2D eigenvalue weighted by Crippen LogP contribution is -2.46. The summed E-state index contributed by atoms with van der Waals surface area (Å²) in [5, 5.41) is 0. The number of likely N-dealkylation sites (tertiary alicyclic amines) is 1. The van der Waals surface area contributed by atoms with Gasteiger partial charge in [-0.1, -0.05) is 0 Å². The maximum absolute atomic E-state index is 12.5. The van der Waals surface area contributed by atoms with Crippen LogP contribution in [0, 0.1) is 6.92 Å². The summed E-state index contributed by atoms with van der Waals surface area (Å²) >= 11 is 0. The molecule has 1 aromatic carbocycles. The van der Waals surface area contributed by atoms with Crippen molar-refractivity contribution in [2.24, 2.45) is 0 Å². The number of hydrogen-bond acceptors (Lipinski definition) is 4. The molecule has 1 heterocycles. The van der Waals surface area contributed by atoms with Crippen LogP contribution in [0.4, 0.5) is 0 Å². The van der Waals surface area contributed by atoms with Crippen LogP contribution in [0.5, 0.6) is 5.75 Å². The normalized spacial score (nSPS) is 16.6. The number of hydrogen-bond donors (Lipinski definition) is 1. The second-order valence-electron chi connectivity index (χ2n) is 5.53. The molecule has 0 unspecified atom stereocenters. The van der Waals surface area contributed by atoms with Crippen molar-refractivity contribution in [2.45, 2.75) is 37.6 Å². The predicted octanol–water partition coefficient (Wildman–Crippen LogP) is 1.29. The Morgan fingerprint density at radius 3 is 2.45 bits per heavy atom. The van der Waals surface area contributed by atoms with Crippen molar-refractivity contribution < 1.29 is 17.9 Å². The third-order valence-corrected chi connectivity index (χ3v) is 5.61. The van der Waals surface area contributed by atoms with Gasteiger partial charge in [-0.2, -0.15) is 0 Å². The molecule has 1 saturated heterocycles. The van der Waals surface area contributed by atoms with Crippen LogP contribution in [0.1, 0.15) is 25.3 Å². The number of methoxy groups -OCH3 is 1. The van der Waals surface area contributed by atoms with Gasteiger partial charge >= 0.3 is 0 Å². The smallest absolute Gasteiger partial charge is 0.241 e. The maximum atomic E-state index is 12.5. The Labute approximate surface area is 131 Å². The highest BCUT2D eigenvalue weighted by atomic mass is 32.2. The standard InChI is InChI=1S/C15H22N2O4S/c1-11-10-14(21-3)4-5-15(11)22(19,20)16-13-6-8-17(9-7-13)12(2)18/h4-5,10,13,16H,6-9H2,1-3H3. The summed E-state index contributed by atoms with van der Waals surface area (Å²) < 4.78 is 32.8. The van der Waals surface area contributed by atoms with E-state index in [2.05, 4.69) is 4.72 Å². The minimum Gasteiger partial charge on any atom is -0.497 e. The number of nitrogens with zero attached hydrogens (tertiary/aromatic N) is 1. The lowest BCUT2D eigenvalue weighted by Gasteiger charge is -2.31.